The molecule has 152 valence electrons. The van der Waals surface area contributed by atoms with E-state index in [-0.39, 0.29) is 35.9 Å². The molecule has 1 saturated heterocycles. The first-order valence-corrected chi connectivity index (χ1v) is 9.46. The zero-order valence-electron chi connectivity index (χ0n) is 17.0. The number of hydrogen-bond donors (Lipinski definition) is 2. The summed E-state index contributed by atoms with van der Waals surface area (Å²) in [5.41, 5.74) is 2.50. The van der Waals surface area contributed by atoms with Crippen LogP contribution in [0.5, 0.6) is 0 Å². The van der Waals surface area contributed by atoms with E-state index in [4.69, 9.17) is 0 Å². The number of rotatable bonds is 7. The van der Waals surface area contributed by atoms with Crippen molar-refractivity contribution in [2.45, 2.75) is 38.8 Å². The minimum atomic E-state index is 0. The van der Waals surface area contributed by atoms with Crippen LogP contribution in [-0.2, 0) is 11.3 Å². The summed E-state index contributed by atoms with van der Waals surface area (Å²) in [5, 5.41) is 6.70. The molecule has 1 fully saturated rings. The Morgan fingerprint density at radius 2 is 1.96 bits per heavy atom. The topological polar surface area (TPSA) is 60.0 Å². The molecule has 6 nitrogen and oxygen atoms in total. The van der Waals surface area contributed by atoms with Crippen LogP contribution in [0.1, 0.15) is 30.4 Å². The number of hydrogen-bond acceptors (Lipinski definition) is 3. The molecule has 1 atom stereocenters. The predicted octanol–water partition coefficient (Wildman–Crippen LogP) is 2.22. The fourth-order valence-electron chi connectivity index (χ4n) is 3.27. The molecule has 0 aromatic heterocycles. The number of likely N-dealkylation sites (N-methyl/N-ethyl adjacent to an activating group) is 1. The van der Waals surface area contributed by atoms with Crippen LogP contribution < -0.4 is 10.6 Å². The third kappa shape index (κ3) is 7.65. The fourth-order valence-corrected chi connectivity index (χ4v) is 3.27. The summed E-state index contributed by atoms with van der Waals surface area (Å²) in [7, 11) is 5.46. The summed E-state index contributed by atoms with van der Waals surface area (Å²) in [6.45, 7) is 5.64. The molecule has 1 unspecified atom stereocenters. The molecule has 1 aliphatic rings. The van der Waals surface area contributed by atoms with Crippen molar-refractivity contribution in [1.29, 1.82) is 0 Å². The highest BCUT2D eigenvalue weighted by Crippen LogP contribution is 2.18. The lowest BCUT2D eigenvalue weighted by molar-refractivity contribution is -0.133. The van der Waals surface area contributed by atoms with Crippen molar-refractivity contribution in [3.05, 3.63) is 35.4 Å². The van der Waals surface area contributed by atoms with Crippen LogP contribution in [0.2, 0.25) is 0 Å². The quantitative estimate of drug-likeness (QED) is 0.268. The van der Waals surface area contributed by atoms with Crippen molar-refractivity contribution in [2.75, 3.05) is 40.8 Å². The van der Waals surface area contributed by atoms with Crippen molar-refractivity contribution in [3.8, 4) is 0 Å². The Bertz CT molecular complexity index is 603. The predicted molar refractivity (Wildman–Crippen MR) is 123 cm³/mol. The van der Waals surface area contributed by atoms with Gasteiger partial charge in [-0.1, -0.05) is 29.8 Å². The first-order chi connectivity index (χ1) is 12.5. The Labute approximate surface area is 180 Å². The number of benzene rings is 1. The van der Waals surface area contributed by atoms with Gasteiger partial charge in [-0.05, 0) is 38.3 Å². The number of amides is 1. The number of carbonyl (C=O) groups is 1. The second kappa shape index (κ2) is 12.2. The van der Waals surface area contributed by atoms with Crippen molar-refractivity contribution in [2.24, 2.45) is 4.99 Å². The summed E-state index contributed by atoms with van der Waals surface area (Å²) >= 11 is 0. The van der Waals surface area contributed by atoms with Crippen LogP contribution in [-0.4, -0.2) is 68.5 Å². The van der Waals surface area contributed by atoms with E-state index in [1.54, 1.807) is 11.9 Å². The van der Waals surface area contributed by atoms with E-state index >= 15 is 0 Å². The van der Waals surface area contributed by atoms with Gasteiger partial charge in [-0.3, -0.25) is 14.7 Å². The van der Waals surface area contributed by atoms with E-state index in [1.165, 1.54) is 11.1 Å². The molecule has 2 N–H and O–H groups in total. The normalized spacial score (nSPS) is 17.3. The first kappa shape index (κ1) is 23.7. The van der Waals surface area contributed by atoms with E-state index in [0.717, 1.165) is 51.4 Å². The van der Waals surface area contributed by atoms with Crippen molar-refractivity contribution in [3.63, 3.8) is 0 Å². The van der Waals surface area contributed by atoms with Gasteiger partial charge in [-0.2, -0.15) is 0 Å². The number of nitrogens with one attached hydrogen (secondary N) is 2. The van der Waals surface area contributed by atoms with E-state index in [9.17, 15) is 4.79 Å². The molecule has 0 spiro atoms. The minimum absolute atomic E-state index is 0. The van der Waals surface area contributed by atoms with E-state index < -0.39 is 0 Å². The molecule has 0 aliphatic carbocycles. The molecule has 2 rings (SSSR count). The van der Waals surface area contributed by atoms with E-state index in [2.05, 4.69) is 51.7 Å². The molecular weight excluding hydrogens is 453 g/mol. The number of halogens is 1. The second-order valence-electron chi connectivity index (χ2n) is 7.12. The highest BCUT2D eigenvalue weighted by Gasteiger charge is 2.30. The van der Waals surface area contributed by atoms with Gasteiger partial charge in [0.1, 0.15) is 0 Å². The van der Waals surface area contributed by atoms with Gasteiger partial charge in [0.05, 0.1) is 6.04 Å². The van der Waals surface area contributed by atoms with Gasteiger partial charge in [-0.25, -0.2) is 0 Å². The Balaban J connectivity index is 0.00000364. The summed E-state index contributed by atoms with van der Waals surface area (Å²) in [6, 6.07) is 8.56. The zero-order chi connectivity index (χ0) is 18.9. The van der Waals surface area contributed by atoms with Crippen molar-refractivity contribution < 1.29 is 4.79 Å². The van der Waals surface area contributed by atoms with E-state index in [1.807, 2.05) is 14.1 Å². The number of nitrogens with zero attached hydrogens (tertiary/aromatic N) is 3. The van der Waals surface area contributed by atoms with Gasteiger partial charge in [-0.15, -0.1) is 24.0 Å². The maximum atomic E-state index is 12.2. The average molecular weight is 487 g/mol. The van der Waals surface area contributed by atoms with Crippen molar-refractivity contribution in [1.82, 2.24) is 20.4 Å². The number of likely N-dealkylation sites (tertiary alicyclic amines) is 1. The minimum Gasteiger partial charge on any atom is -0.356 e. The SMILES string of the molecule is CN=C(NCCCN1CCCC1C(=O)N(C)C)NCc1ccc(C)cc1.I. The Morgan fingerprint density at radius 1 is 1.26 bits per heavy atom. The molecule has 0 bridgehead atoms. The van der Waals surface area contributed by atoms with Gasteiger partial charge in [0.15, 0.2) is 5.96 Å². The second-order valence-corrected chi connectivity index (χ2v) is 7.12. The molecule has 1 amide bonds. The van der Waals surface area contributed by atoms with Gasteiger partial charge in [0.2, 0.25) is 5.91 Å². The lowest BCUT2D eigenvalue weighted by Crippen LogP contribution is -2.44. The van der Waals surface area contributed by atoms with Crippen LogP contribution >= 0.6 is 24.0 Å². The smallest absolute Gasteiger partial charge is 0.239 e. The monoisotopic (exact) mass is 487 g/mol. The molecular formula is C20H34IN5O. The molecule has 1 aromatic carbocycles. The Morgan fingerprint density at radius 3 is 2.59 bits per heavy atom. The summed E-state index contributed by atoms with van der Waals surface area (Å²) in [4.78, 5) is 20.5. The zero-order valence-corrected chi connectivity index (χ0v) is 19.3. The molecule has 0 saturated carbocycles. The molecule has 1 aromatic rings. The first-order valence-electron chi connectivity index (χ1n) is 9.46. The lowest BCUT2D eigenvalue weighted by atomic mass is 10.1. The van der Waals surface area contributed by atoms with Crippen LogP contribution in [0.25, 0.3) is 0 Å². The summed E-state index contributed by atoms with van der Waals surface area (Å²) < 4.78 is 0. The molecule has 0 radical (unpaired) electrons. The third-order valence-corrected chi connectivity index (χ3v) is 4.81. The maximum Gasteiger partial charge on any atom is 0.239 e. The van der Waals surface area contributed by atoms with Crippen LogP contribution in [0.4, 0.5) is 0 Å². The lowest BCUT2D eigenvalue weighted by Gasteiger charge is -2.26. The van der Waals surface area contributed by atoms with Gasteiger partial charge in [0.25, 0.3) is 0 Å². The van der Waals surface area contributed by atoms with Gasteiger partial charge >= 0.3 is 0 Å². The Hall–Kier alpha value is -1.35. The highest BCUT2D eigenvalue weighted by molar-refractivity contribution is 14.0. The van der Waals surface area contributed by atoms with Crippen LogP contribution in [0.3, 0.4) is 0 Å². The molecule has 1 aliphatic heterocycles. The molecule has 1 heterocycles. The number of aliphatic imine (C=N–C) groups is 1. The summed E-state index contributed by atoms with van der Waals surface area (Å²) in [5.74, 6) is 1.04. The van der Waals surface area contributed by atoms with E-state index in [0.29, 0.717) is 0 Å². The fraction of sp³-hybridized carbons (Fsp3) is 0.600. The summed E-state index contributed by atoms with van der Waals surface area (Å²) in [6.07, 6.45) is 3.07. The maximum absolute atomic E-state index is 12.2. The number of carbonyl (C=O) groups excluding carboxylic acids is 1. The van der Waals surface area contributed by atoms with Crippen molar-refractivity contribution >= 4 is 35.8 Å². The largest absolute Gasteiger partial charge is 0.356 e. The highest BCUT2D eigenvalue weighted by atomic mass is 127. The number of guanidine groups is 1. The molecule has 27 heavy (non-hydrogen) atoms. The van der Waals surface area contributed by atoms with Gasteiger partial charge in [0, 0.05) is 40.8 Å². The average Bonchev–Trinajstić information content (AvgIpc) is 3.10. The van der Waals surface area contributed by atoms with Gasteiger partial charge < -0.3 is 15.5 Å². The van der Waals surface area contributed by atoms with Crippen LogP contribution in [0, 0.1) is 6.92 Å². The number of aryl methyl sites for hydroxylation is 1. The third-order valence-electron chi connectivity index (χ3n) is 4.81. The molecule has 7 heteroatoms. The van der Waals surface area contributed by atoms with Crippen LogP contribution in [0.15, 0.2) is 29.3 Å². The standard InChI is InChI=1S/C20H33N5O.HI/c1-16-8-10-17(11-9-16)15-23-20(21-2)22-12-6-14-25-13-5-7-18(25)19(26)24(3)4;/h8-11,18H,5-7,12-15H2,1-4H3,(H2,21,22,23);1H. The Kier molecular flexibility index (Phi) is 10.7.